The van der Waals surface area contributed by atoms with Gasteiger partial charge in [0.25, 0.3) is 0 Å². The van der Waals surface area contributed by atoms with Gasteiger partial charge in [-0.25, -0.2) is 0 Å². The van der Waals surface area contributed by atoms with Gasteiger partial charge >= 0.3 is 0 Å². The molecule has 0 unspecified atom stereocenters. The van der Waals surface area contributed by atoms with Crippen LogP contribution in [-0.2, 0) is 9.59 Å². The highest BCUT2D eigenvalue weighted by atomic mass is 16.2. The molecule has 2 aliphatic rings. The number of imide groups is 1. The topological polar surface area (TPSA) is 37.4 Å². The van der Waals surface area contributed by atoms with Gasteiger partial charge in [-0.3, -0.25) is 14.5 Å². The molecule has 3 heteroatoms. The van der Waals surface area contributed by atoms with E-state index in [1.165, 1.54) is 32.1 Å². The normalized spacial score (nSPS) is 25.4. The predicted octanol–water partition coefficient (Wildman–Crippen LogP) is 5.12. The van der Waals surface area contributed by atoms with Crippen LogP contribution in [0, 0.1) is 17.3 Å². The molecule has 3 rings (SSSR count). The lowest BCUT2D eigenvalue weighted by molar-refractivity contribution is -0.151. The van der Waals surface area contributed by atoms with E-state index in [-0.39, 0.29) is 23.8 Å². The van der Waals surface area contributed by atoms with Crippen molar-refractivity contribution >= 4 is 11.8 Å². The van der Waals surface area contributed by atoms with Crippen LogP contribution in [0.1, 0.15) is 77.3 Å². The van der Waals surface area contributed by atoms with Gasteiger partial charge in [-0.1, -0.05) is 83.2 Å². The molecule has 1 saturated heterocycles. The molecule has 1 aliphatic heterocycles. The minimum Gasteiger partial charge on any atom is -0.274 e. The highest BCUT2D eigenvalue weighted by Crippen LogP contribution is 2.43. The van der Waals surface area contributed by atoms with E-state index >= 15 is 0 Å². The fourth-order valence-electron chi connectivity index (χ4n) is 4.41. The molecule has 0 N–H and O–H groups in total. The molecule has 0 aromatic heterocycles. The number of hydrogen-bond acceptors (Lipinski definition) is 2. The predicted molar refractivity (Wildman–Crippen MR) is 99.8 cm³/mol. The van der Waals surface area contributed by atoms with E-state index < -0.39 is 5.41 Å². The molecule has 1 heterocycles. The van der Waals surface area contributed by atoms with Crippen molar-refractivity contribution < 1.29 is 9.59 Å². The van der Waals surface area contributed by atoms with Crippen molar-refractivity contribution in [1.82, 2.24) is 4.90 Å². The zero-order valence-corrected chi connectivity index (χ0v) is 15.8. The van der Waals surface area contributed by atoms with Crippen LogP contribution in [0.2, 0.25) is 0 Å². The van der Waals surface area contributed by atoms with E-state index in [1.807, 2.05) is 51.1 Å². The maximum absolute atomic E-state index is 13.2. The zero-order valence-electron chi connectivity index (χ0n) is 15.8. The minimum atomic E-state index is -0.539. The average Bonchev–Trinajstić information content (AvgIpc) is 2.91. The molecule has 0 radical (unpaired) electrons. The third kappa shape index (κ3) is 3.96. The van der Waals surface area contributed by atoms with Gasteiger partial charge in [0, 0.05) is 11.3 Å². The first-order valence-electron chi connectivity index (χ1n) is 9.80. The lowest BCUT2D eigenvalue weighted by Gasteiger charge is -2.29. The first-order chi connectivity index (χ1) is 11.9. The van der Waals surface area contributed by atoms with E-state index in [4.69, 9.17) is 0 Å². The van der Waals surface area contributed by atoms with Gasteiger partial charge in [-0.05, 0) is 24.3 Å². The number of hydrogen-bond donors (Lipinski definition) is 0. The molecule has 3 nitrogen and oxygen atoms in total. The minimum absolute atomic E-state index is 0.000365. The number of nitrogens with zero attached hydrogens (tertiary/aromatic N) is 1. The lowest BCUT2D eigenvalue weighted by atomic mass is 9.81. The fraction of sp³-hybridized carbons (Fsp3) is 0.636. The van der Waals surface area contributed by atoms with Crippen molar-refractivity contribution in [1.29, 1.82) is 0 Å². The average molecular weight is 341 g/mol. The molecule has 25 heavy (non-hydrogen) atoms. The molecule has 2 amide bonds. The molecule has 1 aliphatic carbocycles. The van der Waals surface area contributed by atoms with Crippen LogP contribution in [0.15, 0.2) is 30.3 Å². The Morgan fingerprint density at radius 1 is 1.08 bits per heavy atom. The van der Waals surface area contributed by atoms with Gasteiger partial charge in [0.15, 0.2) is 0 Å². The van der Waals surface area contributed by atoms with Crippen LogP contribution >= 0.6 is 0 Å². The summed E-state index contributed by atoms with van der Waals surface area (Å²) in [5.74, 6) is 0.667. The van der Waals surface area contributed by atoms with Gasteiger partial charge in [0.05, 0.1) is 6.04 Å². The van der Waals surface area contributed by atoms with E-state index in [1.54, 1.807) is 4.90 Å². The van der Waals surface area contributed by atoms with Gasteiger partial charge in [0.2, 0.25) is 11.8 Å². The van der Waals surface area contributed by atoms with Crippen LogP contribution in [0.4, 0.5) is 0 Å². The summed E-state index contributed by atoms with van der Waals surface area (Å²) in [4.78, 5) is 27.7. The van der Waals surface area contributed by atoms with Gasteiger partial charge in [-0.2, -0.15) is 0 Å². The molecular weight excluding hydrogens is 310 g/mol. The Kier molecular flexibility index (Phi) is 5.31. The molecular formula is C22H31NO2. The van der Waals surface area contributed by atoms with Gasteiger partial charge in [0.1, 0.15) is 0 Å². The first kappa shape index (κ1) is 18.2. The van der Waals surface area contributed by atoms with Crippen molar-refractivity contribution in [3.05, 3.63) is 35.9 Å². The second-order valence-electron chi connectivity index (χ2n) is 8.86. The molecule has 1 aromatic rings. The van der Waals surface area contributed by atoms with Crippen LogP contribution in [0.5, 0.6) is 0 Å². The maximum atomic E-state index is 13.2. The maximum Gasteiger partial charge on any atom is 0.235 e. The van der Waals surface area contributed by atoms with Crippen molar-refractivity contribution in [2.24, 2.45) is 17.3 Å². The lowest BCUT2D eigenvalue weighted by Crippen LogP contribution is -2.42. The molecule has 136 valence electrons. The fourth-order valence-corrected chi connectivity index (χ4v) is 4.41. The molecule has 2 fully saturated rings. The monoisotopic (exact) mass is 341 g/mol. The van der Waals surface area contributed by atoms with Crippen LogP contribution in [0.3, 0.4) is 0 Å². The first-order valence-corrected chi connectivity index (χ1v) is 9.80. The molecule has 0 bridgehead atoms. The van der Waals surface area contributed by atoms with Crippen molar-refractivity contribution in [3.8, 4) is 0 Å². The van der Waals surface area contributed by atoms with Crippen LogP contribution in [0.25, 0.3) is 0 Å². The van der Waals surface area contributed by atoms with E-state index in [0.717, 1.165) is 18.4 Å². The highest BCUT2D eigenvalue weighted by Gasteiger charge is 2.46. The number of likely N-dealkylation sites (tertiary alicyclic amines) is 1. The Morgan fingerprint density at radius 3 is 2.32 bits per heavy atom. The van der Waals surface area contributed by atoms with Crippen LogP contribution < -0.4 is 0 Å². The summed E-state index contributed by atoms with van der Waals surface area (Å²) in [7, 11) is 0. The quantitative estimate of drug-likeness (QED) is 0.765. The second kappa shape index (κ2) is 7.31. The molecule has 1 aromatic carbocycles. The van der Waals surface area contributed by atoms with E-state index in [0.29, 0.717) is 5.92 Å². The summed E-state index contributed by atoms with van der Waals surface area (Å²) in [6.07, 6.45) is 8.13. The Bertz CT molecular complexity index is 611. The summed E-state index contributed by atoms with van der Waals surface area (Å²) >= 11 is 0. The zero-order chi connectivity index (χ0) is 18.0. The van der Waals surface area contributed by atoms with E-state index in [2.05, 4.69) is 0 Å². The SMILES string of the molecule is CC(C)(C)C(=O)N1C(=O)[C@@H](CC2CCCCC2)C[C@H]1c1ccccc1. The summed E-state index contributed by atoms with van der Waals surface area (Å²) in [5, 5.41) is 0. The number of rotatable bonds is 3. The largest absolute Gasteiger partial charge is 0.274 e. The number of carbonyl (C=O) groups is 2. The standard InChI is InChI=1S/C22H31NO2/c1-22(2,3)21(25)23-19(17-12-8-5-9-13-17)15-18(20(23)24)14-16-10-6-4-7-11-16/h5,8-9,12-13,16,18-19H,4,6-7,10-11,14-15H2,1-3H3/t18-,19-/m0/s1. The van der Waals surface area contributed by atoms with Crippen molar-refractivity contribution in [2.75, 3.05) is 0 Å². The Labute approximate surface area is 151 Å². The smallest absolute Gasteiger partial charge is 0.235 e. The summed E-state index contributed by atoms with van der Waals surface area (Å²) in [5.41, 5.74) is 0.544. The van der Waals surface area contributed by atoms with Crippen molar-refractivity contribution in [3.63, 3.8) is 0 Å². The number of benzene rings is 1. The molecule has 0 spiro atoms. The second-order valence-corrected chi connectivity index (χ2v) is 8.86. The molecule has 1 saturated carbocycles. The number of carbonyl (C=O) groups excluding carboxylic acids is 2. The molecule has 2 atom stereocenters. The van der Waals surface area contributed by atoms with E-state index in [9.17, 15) is 9.59 Å². The third-order valence-electron chi connectivity index (χ3n) is 5.79. The highest BCUT2D eigenvalue weighted by molar-refractivity contribution is 6.00. The van der Waals surface area contributed by atoms with Gasteiger partial charge in [-0.15, -0.1) is 0 Å². The summed E-state index contributed by atoms with van der Waals surface area (Å²) in [6, 6.07) is 9.96. The Balaban J connectivity index is 1.84. The number of amides is 2. The summed E-state index contributed by atoms with van der Waals surface area (Å²) < 4.78 is 0. The van der Waals surface area contributed by atoms with Crippen LogP contribution in [-0.4, -0.2) is 16.7 Å². The van der Waals surface area contributed by atoms with Crippen molar-refractivity contribution in [2.45, 2.75) is 71.8 Å². The Hall–Kier alpha value is -1.64. The Morgan fingerprint density at radius 2 is 1.72 bits per heavy atom. The third-order valence-corrected chi connectivity index (χ3v) is 5.79. The summed E-state index contributed by atoms with van der Waals surface area (Å²) in [6.45, 7) is 5.71. The van der Waals surface area contributed by atoms with Gasteiger partial charge < -0.3 is 0 Å².